The van der Waals surface area contributed by atoms with Gasteiger partial charge in [-0.05, 0) is 71.7 Å². The maximum absolute atomic E-state index is 15.7. The van der Waals surface area contributed by atoms with Gasteiger partial charge in [0.1, 0.15) is 12.4 Å². The highest BCUT2D eigenvalue weighted by Gasteiger charge is 2.46. The van der Waals surface area contributed by atoms with Gasteiger partial charge in [0.05, 0.1) is 47.4 Å². The van der Waals surface area contributed by atoms with Gasteiger partial charge in [0.25, 0.3) is 12.0 Å². The number of nitrogens with zero attached hydrogens (tertiary/aromatic N) is 7. The quantitative estimate of drug-likeness (QED) is 0.172. The predicted octanol–water partition coefficient (Wildman–Crippen LogP) is 6.42. The van der Waals surface area contributed by atoms with Crippen LogP contribution < -0.4 is 15.4 Å². The summed E-state index contributed by atoms with van der Waals surface area (Å²) in [4.78, 5) is 28.6. The Balaban J connectivity index is 0.00000123. The summed E-state index contributed by atoms with van der Waals surface area (Å²) >= 11 is 0. The molecule has 17 heteroatoms. The summed E-state index contributed by atoms with van der Waals surface area (Å²) in [6.45, 7) is 9.25. The number of anilines is 2. The van der Waals surface area contributed by atoms with Crippen LogP contribution >= 0.6 is 0 Å². The van der Waals surface area contributed by atoms with Crippen molar-refractivity contribution in [3.8, 4) is 17.9 Å². The molecule has 0 saturated carbocycles. The average Bonchev–Trinajstić information content (AvgIpc) is 3.74. The smallest absolute Gasteiger partial charge is 0.418 e. The fourth-order valence-electron chi connectivity index (χ4n) is 8.18. The van der Waals surface area contributed by atoms with Gasteiger partial charge in [-0.1, -0.05) is 5.92 Å². The van der Waals surface area contributed by atoms with Crippen molar-refractivity contribution in [2.75, 3.05) is 51.0 Å². The van der Waals surface area contributed by atoms with E-state index in [-0.39, 0.29) is 30.5 Å². The van der Waals surface area contributed by atoms with Gasteiger partial charge in [0.15, 0.2) is 11.5 Å². The monoisotopic (exact) mass is 774 g/mol. The molecule has 296 valence electrons. The molecule has 2 aromatic heterocycles. The Morgan fingerprint density at radius 2 is 1.84 bits per heavy atom. The van der Waals surface area contributed by atoms with Crippen LogP contribution in [0.5, 0.6) is 6.01 Å². The average molecular weight is 775 g/mol. The van der Waals surface area contributed by atoms with Crippen molar-refractivity contribution >= 4 is 17.4 Å². The van der Waals surface area contributed by atoms with E-state index in [1.54, 1.807) is 14.1 Å². The molecule has 6 heterocycles. The third-order valence-corrected chi connectivity index (χ3v) is 10.7. The topological polar surface area (TPSA) is 115 Å². The van der Waals surface area contributed by atoms with Gasteiger partial charge >= 0.3 is 12.2 Å². The van der Waals surface area contributed by atoms with Crippen LogP contribution in [0.2, 0.25) is 0 Å². The number of nitrogens with two attached hydrogens (primary N) is 1. The van der Waals surface area contributed by atoms with E-state index in [9.17, 15) is 26.7 Å². The Kier molecular flexibility index (Phi) is 11.4. The highest BCUT2D eigenvalue weighted by Crippen LogP contribution is 2.45. The molecule has 1 atom stereocenters. The zero-order valence-electron chi connectivity index (χ0n) is 31.3. The number of halogens is 6. The number of aromatic nitrogens is 4. The number of benzene rings is 1. The standard InChI is InChI=1S/C36H42F4N8O3.C2H2F2/c1-5-9-22-16-24(41)30(37)28(29(22)36(38,39)40)27-17-25-23(19-50-27)32(43-34(42-25)51-20-35-10-6-13-47(35)14-7-11-35)46-12-8-15-48-26(18-46)21(2)31(44-48)33(49)45(3)4;1-2(3)4/h16,27H,6-8,10-15,17-20,41H2,1-4H3;1H2. The molecule has 0 aliphatic carbocycles. The van der Waals surface area contributed by atoms with Gasteiger partial charge in [-0.15, -0.1) is 5.92 Å². The number of nitrogen functional groups attached to an aromatic ring is 1. The number of aryl methyl sites for hydroxylation is 1. The van der Waals surface area contributed by atoms with Crippen molar-refractivity contribution < 1.29 is 40.6 Å². The maximum atomic E-state index is 15.7. The zero-order valence-corrected chi connectivity index (χ0v) is 31.3. The first-order valence-corrected chi connectivity index (χ1v) is 18.1. The molecule has 3 aromatic rings. The van der Waals surface area contributed by atoms with E-state index in [4.69, 9.17) is 25.2 Å². The summed E-state index contributed by atoms with van der Waals surface area (Å²) in [5.74, 6) is 4.07. The van der Waals surface area contributed by atoms with E-state index >= 15 is 4.39 Å². The maximum Gasteiger partial charge on any atom is 0.418 e. The van der Waals surface area contributed by atoms with Crippen molar-refractivity contribution in [2.45, 2.75) is 89.9 Å². The van der Waals surface area contributed by atoms with Crippen molar-refractivity contribution in [3.05, 3.63) is 69.4 Å². The number of hydrogen-bond acceptors (Lipinski definition) is 9. The van der Waals surface area contributed by atoms with Gasteiger partial charge in [-0.2, -0.15) is 37.0 Å². The van der Waals surface area contributed by atoms with E-state index in [0.29, 0.717) is 55.4 Å². The minimum atomic E-state index is -4.93. The Morgan fingerprint density at radius 3 is 2.47 bits per heavy atom. The molecule has 0 radical (unpaired) electrons. The van der Waals surface area contributed by atoms with Crippen LogP contribution in [-0.4, -0.2) is 81.3 Å². The molecule has 7 rings (SSSR count). The third-order valence-electron chi connectivity index (χ3n) is 10.7. The summed E-state index contributed by atoms with van der Waals surface area (Å²) in [5, 5.41) is 4.64. The lowest BCUT2D eigenvalue weighted by Gasteiger charge is -2.33. The van der Waals surface area contributed by atoms with Crippen LogP contribution in [-0.2, 0) is 37.0 Å². The Labute approximate surface area is 315 Å². The van der Waals surface area contributed by atoms with E-state index in [1.165, 1.54) is 11.8 Å². The third kappa shape index (κ3) is 7.97. The van der Waals surface area contributed by atoms with Crippen molar-refractivity contribution in [1.82, 2.24) is 29.5 Å². The minimum Gasteiger partial charge on any atom is -0.461 e. The van der Waals surface area contributed by atoms with Crippen LogP contribution in [0, 0.1) is 24.6 Å². The number of ether oxygens (including phenoxy) is 2. The van der Waals surface area contributed by atoms with Gasteiger partial charge in [0, 0.05) is 55.9 Å². The predicted molar refractivity (Wildman–Crippen MR) is 192 cm³/mol. The van der Waals surface area contributed by atoms with Crippen molar-refractivity contribution in [2.24, 2.45) is 0 Å². The van der Waals surface area contributed by atoms with E-state index < -0.39 is 46.6 Å². The Morgan fingerprint density at radius 1 is 1.15 bits per heavy atom. The number of fused-ring (bicyclic) bond motifs is 3. The summed E-state index contributed by atoms with van der Waals surface area (Å²) in [6, 6.07) is 1.02. The number of rotatable bonds is 6. The number of alkyl halides is 3. The lowest BCUT2D eigenvalue weighted by atomic mass is 9.91. The molecule has 11 nitrogen and oxygen atoms in total. The fraction of sp³-hybridized carbons (Fsp3) is 0.526. The molecule has 2 saturated heterocycles. The second-order valence-electron chi connectivity index (χ2n) is 14.4. The molecule has 1 aromatic carbocycles. The van der Waals surface area contributed by atoms with Gasteiger partial charge in [0.2, 0.25) is 0 Å². The van der Waals surface area contributed by atoms with E-state index in [1.807, 2.05) is 11.6 Å². The summed E-state index contributed by atoms with van der Waals surface area (Å²) in [5.41, 5.74) is 6.04. The molecule has 55 heavy (non-hydrogen) atoms. The minimum absolute atomic E-state index is 0.102. The molecule has 1 amide bonds. The molecule has 2 N–H and O–H groups in total. The number of hydrogen-bond donors (Lipinski definition) is 1. The molecule has 0 bridgehead atoms. The number of amides is 1. The molecule has 1 unspecified atom stereocenters. The van der Waals surface area contributed by atoms with Gasteiger partial charge in [-0.3, -0.25) is 14.4 Å². The molecular weight excluding hydrogens is 730 g/mol. The molecule has 4 aliphatic rings. The van der Waals surface area contributed by atoms with Crippen molar-refractivity contribution in [3.63, 3.8) is 0 Å². The second-order valence-corrected chi connectivity index (χ2v) is 14.4. The van der Waals surface area contributed by atoms with Crippen LogP contribution in [0.4, 0.5) is 37.8 Å². The van der Waals surface area contributed by atoms with Crippen LogP contribution in [0.1, 0.15) is 94.8 Å². The Bertz CT molecular complexity index is 2020. The lowest BCUT2D eigenvalue weighted by Crippen LogP contribution is -2.43. The van der Waals surface area contributed by atoms with Crippen LogP contribution in [0.3, 0.4) is 0 Å². The second kappa shape index (κ2) is 15.7. The molecule has 4 aliphatic heterocycles. The molecule has 0 spiro atoms. The number of carbonyl (C=O) groups is 1. The highest BCUT2D eigenvalue weighted by atomic mass is 19.4. The zero-order chi connectivity index (χ0) is 39.8. The normalized spacial score (nSPS) is 18.9. The molecule has 2 fully saturated rings. The number of carbonyl (C=O) groups excluding carboxylic acids is 1. The first-order valence-electron chi connectivity index (χ1n) is 18.1. The summed E-state index contributed by atoms with van der Waals surface area (Å²) < 4.78 is 94.1. The largest absolute Gasteiger partial charge is 0.461 e. The lowest BCUT2D eigenvalue weighted by molar-refractivity contribution is -0.140. The summed E-state index contributed by atoms with van der Waals surface area (Å²) in [7, 11) is 3.36. The van der Waals surface area contributed by atoms with E-state index in [2.05, 4.69) is 33.3 Å². The highest BCUT2D eigenvalue weighted by molar-refractivity contribution is 5.93. The first kappa shape index (κ1) is 39.9. The first-order chi connectivity index (χ1) is 26.0. The summed E-state index contributed by atoms with van der Waals surface area (Å²) in [6.07, 6.45) is -3.44. The van der Waals surface area contributed by atoms with E-state index in [0.717, 1.165) is 56.1 Å². The fourth-order valence-corrected chi connectivity index (χ4v) is 8.18. The Hall–Kier alpha value is -4.82. The van der Waals surface area contributed by atoms with Gasteiger partial charge in [-0.25, -0.2) is 4.39 Å². The van der Waals surface area contributed by atoms with Gasteiger partial charge < -0.3 is 25.0 Å². The van der Waals surface area contributed by atoms with Crippen molar-refractivity contribution in [1.29, 1.82) is 0 Å². The van der Waals surface area contributed by atoms with Crippen LogP contribution in [0.25, 0.3) is 0 Å². The SMILES string of the molecule is C=C(F)F.CC#Cc1cc(N)c(F)c(C2Cc3nc(OCC45CCCN4CCC5)nc(N4CCCn5nc(C(=O)N(C)C)c(C)c5C4)c3CO2)c1C(F)(F)F. The molecular formula is C38H44F6N8O3. The van der Waals surface area contributed by atoms with Crippen LogP contribution in [0.15, 0.2) is 18.7 Å².